The Labute approximate surface area is 121 Å². The summed E-state index contributed by atoms with van der Waals surface area (Å²) in [5, 5.41) is 0. The Hall–Kier alpha value is -2.41. The Morgan fingerprint density at radius 2 is 1.86 bits per heavy atom. The van der Waals surface area contributed by atoms with Crippen molar-refractivity contribution in [3.63, 3.8) is 0 Å². The lowest BCUT2D eigenvalue weighted by Gasteiger charge is -2.11. The normalized spacial score (nSPS) is 11.1. The van der Waals surface area contributed by atoms with Gasteiger partial charge in [-0.2, -0.15) is 0 Å². The molecule has 0 saturated carbocycles. The summed E-state index contributed by atoms with van der Waals surface area (Å²) in [5.41, 5.74) is 5.56. The number of carbonyl (C=O) groups is 1. The summed E-state index contributed by atoms with van der Waals surface area (Å²) in [5.74, 6) is -1.00. The van der Waals surface area contributed by atoms with E-state index < -0.39 is 21.5 Å². The molecule has 0 spiro atoms. The Balaban J connectivity index is 2.40. The molecule has 3 N–H and O–H groups in total. The number of Topliss-reactive ketones (excluding diaryl/α,β-unsaturated/α-hetero) is 1. The highest BCUT2D eigenvalue weighted by molar-refractivity contribution is 7.92. The van der Waals surface area contributed by atoms with Crippen molar-refractivity contribution in [1.29, 1.82) is 0 Å². The first-order valence-electron chi connectivity index (χ1n) is 5.99. The lowest BCUT2D eigenvalue weighted by Crippen LogP contribution is -2.15. The minimum Gasteiger partial charge on any atom is -0.395 e. The van der Waals surface area contributed by atoms with Crippen molar-refractivity contribution in [2.24, 2.45) is 0 Å². The lowest BCUT2D eigenvalue weighted by atomic mass is 10.1. The van der Waals surface area contributed by atoms with Crippen LogP contribution in [0.2, 0.25) is 0 Å². The van der Waals surface area contributed by atoms with Crippen LogP contribution in [-0.4, -0.2) is 14.2 Å². The fraction of sp³-hybridized carbons (Fsp3) is 0.0714. The monoisotopic (exact) mass is 308 g/mol. The van der Waals surface area contributed by atoms with Gasteiger partial charge in [-0.1, -0.05) is 18.2 Å². The number of ketones is 1. The summed E-state index contributed by atoms with van der Waals surface area (Å²) < 4.78 is 40.1. The third-order valence-electron chi connectivity index (χ3n) is 2.82. The number of sulfonamides is 1. The number of rotatable bonds is 4. The zero-order chi connectivity index (χ0) is 15.6. The van der Waals surface area contributed by atoms with Gasteiger partial charge in [0.1, 0.15) is 10.7 Å². The molecule has 5 nitrogen and oxygen atoms in total. The van der Waals surface area contributed by atoms with Crippen LogP contribution in [0, 0.1) is 5.82 Å². The van der Waals surface area contributed by atoms with Gasteiger partial charge < -0.3 is 5.73 Å². The number of nitrogen functional groups attached to an aromatic ring is 1. The van der Waals surface area contributed by atoms with E-state index in [1.807, 2.05) is 0 Å². The number of nitrogens with two attached hydrogens (primary N) is 1. The number of para-hydroxylation sites is 1. The lowest BCUT2D eigenvalue weighted by molar-refractivity contribution is 0.101. The molecular formula is C14H13FN2O3S. The van der Waals surface area contributed by atoms with E-state index in [1.54, 1.807) is 12.1 Å². The van der Waals surface area contributed by atoms with E-state index in [0.29, 0.717) is 5.56 Å². The first kappa shape index (κ1) is 15.0. The van der Waals surface area contributed by atoms with E-state index in [4.69, 9.17) is 5.73 Å². The van der Waals surface area contributed by atoms with Gasteiger partial charge >= 0.3 is 0 Å². The van der Waals surface area contributed by atoms with Gasteiger partial charge in [0.15, 0.2) is 5.78 Å². The van der Waals surface area contributed by atoms with E-state index in [0.717, 1.165) is 6.07 Å². The molecule has 0 aliphatic carbocycles. The third-order valence-corrected chi connectivity index (χ3v) is 4.26. The van der Waals surface area contributed by atoms with Crippen molar-refractivity contribution in [1.82, 2.24) is 0 Å². The fourth-order valence-corrected chi connectivity index (χ4v) is 2.96. The Bertz CT molecular complexity index is 804. The minimum atomic E-state index is -4.04. The smallest absolute Gasteiger partial charge is 0.264 e. The summed E-state index contributed by atoms with van der Waals surface area (Å²) in [7, 11) is -4.04. The highest BCUT2D eigenvalue weighted by Crippen LogP contribution is 2.24. The Morgan fingerprint density at radius 1 is 1.19 bits per heavy atom. The van der Waals surface area contributed by atoms with Crippen LogP contribution in [0.1, 0.15) is 17.3 Å². The number of anilines is 2. The number of nitrogens with one attached hydrogen (secondary N) is 1. The van der Waals surface area contributed by atoms with Gasteiger partial charge in [0.25, 0.3) is 10.0 Å². The van der Waals surface area contributed by atoms with E-state index in [9.17, 15) is 17.6 Å². The van der Waals surface area contributed by atoms with Crippen LogP contribution >= 0.6 is 0 Å². The van der Waals surface area contributed by atoms with Crippen LogP contribution < -0.4 is 10.5 Å². The number of benzene rings is 2. The molecular weight excluding hydrogens is 295 g/mol. The first-order valence-corrected chi connectivity index (χ1v) is 7.47. The second-order valence-corrected chi connectivity index (χ2v) is 6.04. The zero-order valence-corrected chi connectivity index (χ0v) is 11.9. The van der Waals surface area contributed by atoms with Crippen LogP contribution in [0.4, 0.5) is 15.8 Å². The standard InChI is InChI=1S/C14H13FN2O3S/c1-9(18)10-4-2-5-11(8-10)17-21(19,20)13-7-3-6-12(15)14(13)16/h2-8,17H,16H2,1H3. The molecule has 21 heavy (non-hydrogen) atoms. The van der Waals surface area contributed by atoms with Crippen LogP contribution in [0.25, 0.3) is 0 Å². The van der Waals surface area contributed by atoms with Crippen LogP contribution in [0.5, 0.6) is 0 Å². The Kier molecular flexibility index (Phi) is 3.95. The number of hydrogen-bond acceptors (Lipinski definition) is 4. The van der Waals surface area contributed by atoms with Crippen LogP contribution in [0.15, 0.2) is 47.4 Å². The van der Waals surface area contributed by atoms with Crippen molar-refractivity contribution in [2.45, 2.75) is 11.8 Å². The average molecular weight is 308 g/mol. The molecule has 0 saturated heterocycles. The molecule has 0 aromatic heterocycles. The van der Waals surface area contributed by atoms with Crippen molar-refractivity contribution in [2.75, 3.05) is 10.5 Å². The summed E-state index contributed by atoms with van der Waals surface area (Å²) in [6, 6.07) is 9.53. The second kappa shape index (κ2) is 5.53. The van der Waals surface area contributed by atoms with Gasteiger partial charge in [-0.3, -0.25) is 9.52 Å². The molecule has 0 heterocycles. The maximum Gasteiger partial charge on any atom is 0.264 e. The average Bonchev–Trinajstić information content (AvgIpc) is 2.41. The van der Waals surface area contributed by atoms with Gasteiger partial charge in [0.05, 0.1) is 5.69 Å². The first-order chi connectivity index (χ1) is 9.81. The predicted molar refractivity (Wildman–Crippen MR) is 78.1 cm³/mol. The predicted octanol–water partition coefficient (Wildman–Crippen LogP) is 2.41. The van der Waals surface area contributed by atoms with E-state index in [2.05, 4.69) is 4.72 Å². The number of carbonyl (C=O) groups excluding carboxylic acids is 1. The molecule has 0 amide bonds. The van der Waals surface area contributed by atoms with E-state index in [1.165, 1.54) is 31.2 Å². The minimum absolute atomic E-state index is 0.193. The quantitative estimate of drug-likeness (QED) is 0.670. The summed E-state index contributed by atoms with van der Waals surface area (Å²) in [4.78, 5) is 10.9. The maximum atomic E-state index is 13.4. The molecule has 0 aliphatic rings. The van der Waals surface area contributed by atoms with Gasteiger partial charge in [0, 0.05) is 11.3 Å². The molecule has 2 rings (SSSR count). The topological polar surface area (TPSA) is 89.3 Å². The number of hydrogen-bond donors (Lipinski definition) is 2. The van der Waals surface area contributed by atoms with Gasteiger partial charge in [-0.25, -0.2) is 12.8 Å². The van der Waals surface area contributed by atoms with Crippen molar-refractivity contribution < 1.29 is 17.6 Å². The SMILES string of the molecule is CC(=O)c1cccc(NS(=O)(=O)c2cccc(F)c2N)c1. The molecule has 0 fully saturated rings. The summed E-state index contributed by atoms with van der Waals surface area (Å²) >= 11 is 0. The second-order valence-electron chi connectivity index (χ2n) is 4.39. The molecule has 0 aliphatic heterocycles. The zero-order valence-electron chi connectivity index (χ0n) is 11.1. The van der Waals surface area contributed by atoms with Crippen molar-refractivity contribution in [3.8, 4) is 0 Å². The molecule has 0 unspecified atom stereocenters. The highest BCUT2D eigenvalue weighted by atomic mass is 32.2. The summed E-state index contributed by atoms with van der Waals surface area (Å²) in [6.07, 6.45) is 0. The molecule has 0 atom stereocenters. The van der Waals surface area contributed by atoms with E-state index in [-0.39, 0.29) is 16.4 Å². The molecule has 2 aromatic carbocycles. The fourth-order valence-electron chi connectivity index (χ4n) is 1.76. The van der Waals surface area contributed by atoms with Crippen molar-refractivity contribution in [3.05, 3.63) is 53.8 Å². The van der Waals surface area contributed by atoms with Crippen molar-refractivity contribution >= 4 is 27.2 Å². The largest absolute Gasteiger partial charge is 0.395 e. The molecule has 7 heteroatoms. The molecule has 0 bridgehead atoms. The van der Waals surface area contributed by atoms with E-state index >= 15 is 0 Å². The molecule has 0 radical (unpaired) electrons. The third kappa shape index (κ3) is 3.19. The molecule has 2 aromatic rings. The van der Waals surface area contributed by atoms with Crippen LogP contribution in [-0.2, 0) is 10.0 Å². The Morgan fingerprint density at radius 3 is 2.52 bits per heavy atom. The number of halogens is 1. The van der Waals surface area contributed by atoms with Crippen LogP contribution in [0.3, 0.4) is 0 Å². The maximum absolute atomic E-state index is 13.4. The summed E-state index contributed by atoms with van der Waals surface area (Å²) in [6.45, 7) is 1.37. The highest BCUT2D eigenvalue weighted by Gasteiger charge is 2.19. The van der Waals surface area contributed by atoms with Gasteiger partial charge in [-0.15, -0.1) is 0 Å². The molecule has 110 valence electrons. The van der Waals surface area contributed by atoms with Gasteiger partial charge in [-0.05, 0) is 31.2 Å². The van der Waals surface area contributed by atoms with Gasteiger partial charge in [0.2, 0.25) is 0 Å².